The van der Waals surface area contributed by atoms with Crippen molar-refractivity contribution >= 4 is 34.1 Å². The lowest BCUT2D eigenvalue weighted by Crippen LogP contribution is -2.13. The molecular weight excluding hydrogens is 482 g/mol. The van der Waals surface area contributed by atoms with Crippen molar-refractivity contribution in [3.8, 4) is 5.75 Å². The second-order valence-electron chi connectivity index (χ2n) is 9.49. The van der Waals surface area contributed by atoms with Crippen LogP contribution in [0.4, 0.5) is 0 Å². The first-order chi connectivity index (χ1) is 18.0. The minimum absolute atomic E-state index is 0.165. The molecule has 0 saturated heterocycles. The van der Waals surface area contributed by atoms with E-state index in [1.165, 1.54) is 0 Å². The number of ketones is 2. The first-order valence-electron chi connectivity index (χ1n) is 12.2. The highest BCUT2D eigenvalue weighted by Gasteiger charge is 2.40. The van der Waals surface area contributed by atoms with Gasteiger partial charge in [-0.15, -0.1) is 0 Å². The summed E-state index contributed by atoms with van der Waals surface area (Å²) in [6, 6.07) is 28.7. The number of Topliss-reactive ketones (excluding diaryl/α,β-unsaturated/α-hetero) is 2. The average Bonchev–Trinajstić information content (AvgIpc) is 3.36. The molecule has 37 heavy (non-hydrogen) atoms. The standard InChI is InChI=1S/C32H24ClNO3/c1-20-17-34(18-21-7-10-24(33)11-8-21)29-15-23(9-13-26(20)29)30-31(35)27-14-12-25(16-28(27)32(30)36)37-19-22-5-3-2-4-6-22/h2-17,30H,18-19H2,1H3. The van der Waals surface area contributed by atoms with E-state index >= 15 is 0 Å². The lowest BCUT2D eigenvalue weighted by atomic mass is 9.93. The molecule has 6 rings (SSSR count). The molecule has 1 heterocycles. The molecule has 0 amide bonds. The minimum Gasteiger partial charge on any atom is -0.489 e. The van der Waals surface area contributed by atoms with Gasteiger partial charge in [0.1, 0.15) is 18.3 Å². The summed E-state index contributed by atoms with van der Waals surface area (Å²) in [5.41, 5.74) is 5.88. The summed E-state index contributed by atoms with van der Waals surface area (Å²) in [6.07, 6.45) is 2.10. The van der Waals surface area contributed by atoms with Crippen molar-refractivity contribution in [2.75, 3.05) is 0 Å². The van der Waals surface area contributed by atoms with Crippen molar-refractivity contribution in [2.24, 2.45) is 0 Å². The molecule has 1 atom stereocenters. The second-order valence-corrected chi connectivity index (χ2v) is 9.92. The Hall–Kier alpha value is -4.15. The van der Waals surface area contributed by atoms with Crippen LogP contribution < -0.4 is 4.74 Å². The van der Waals surface area contributed by atoms with E-state index in [9.17, 15) is 9.59 Å². The first kappa shape index (κ1) is 23.3. The van der Waals surface area contributed by atoms with Crippen LogP contribution in [0.5, 0.6) is 5.75 Å². The number of carbonyl (C=O) groups excluding carboxylic acids is 2. The molecular formula is C32H24ClNO3. The van der Waals surface area contributed by atoms with E-state index in [1.54, 1.807) is 18.2 Å². The van der Waals surface area contributed by atoms with Gasteiger partial charge in [-0.25, -0.2) is 0 Å². The molecule has 1 aliphatic carbocycles. The predicted molar refractivity (Wildman–Crippen MR) is 146 cm³/mol. The van der Waals surface area contributed by atoms with Crippen LogP contribution in [-0.2, 0) is 13.2 Å². The summed E-state index contributed by atoms with van der Waals surface area (Å²) in [5.74, 6) is -0.617. The maximum atomic E-state index is 13.5. The zero-order chi connectivity index (χ0) is 25.5. The SMILES string of the molecule is Cc1cn(Cc2ccc(Cl)cc2)c2cc(C3C(=O)c4ccc(OCc5ccccc5)cc4C3=O)ccc12. The van der Waals surface area contributed by atoms with Gasteiger partial charge < -0.3 is 9.30 Å². The number of aromatic nitrogens is 1. The van der Waals surface area contributed by atoms with Crippen LogP contribution in [0.1, 0.15) is 48.9 Å². The highest BCUT2D eigenvalue weighted by molar-refractivity contribution is 6.30. The molecule has 0 radical (unpaired) electrons. The van der Waals surface area contributed by atoms with Crippen molar-refractivity contribution in [1.82, 2.24) is 4.57 Å². The largest absolute Gasteiger partial charge is 0.489 e. The van der Waals surface area contributed by atoms with Gasteiger partial charge in [-0.2, -0.15) is 0 Å². The Balaban J connectivity index is 1.30. The molecule has 1 aromatic heterocycles. The zero-order valence-electron chi connectivity index (χ0n) is 20.3. The van der Waals surface area contributed by atoms with Gasteiger partial charge in [0.15, 0.2) is 11.6 Å². The van der Waals surface area contributed by atoms with Crippen molar-refractivity contribution in [1.29, 1.82) is 0 Å². The van der Waals surface area contributed by atoms with Crippen LogP contribution in [0, 0.1) is 6.92 Å². The Morgan fingerprint density at radius 3 is 2.35 bits per heavy atom. The molecule has 0 fully saturated rings. The molecule has 0 saturated carbocycles. The van der Waals surface area contributed by atoms with Crippen LogP contribution in [0.2, 0.25) is 5.02 Å². The Morgan fingerprint density at radius 1 is 0.811 bits per heavy atom. The third kappa shape index (κ3) is 4.34. The van der Waals surface area contributed by atoms with E-state index in [0.717, 1.165) is 27.6 Å². The fraction of sp³-hybridized carbons (Fsp3) is 0.125. The summed E-state index contributed by atoms with van der Waals surface area (Å²) in [7, 11) is 0. The van der Waals surface area contributed by atoms with Crippen molar-refractivity contribution in [2.45, 2.75) is 26.0 Å². The Labute approximate surface area is 220 Å². The van der Waals surface area contributed by atoms with E-state index in [4.69, 9.17) is 16.3 Å². The topological polar surface area (TPSA) is 48.3 Å². The van der Waals surface area contributed by atoms with Gasteiger partial charge in [-0.1, -0.05) is 66.2 Å². The lowest BCUT2D eigenvalue weighted by Gasteiger charge is -2.10. The molecule has 4 nitrogen and oxygen atoms in total. The van der Waals surface area contributed by atoms with Crippen LogP contribution >= 0.6 is 11.6 Å². The molecule has 5 aromatic rings. The highest BCUT2D eigenvalue weighted by atomic mass is 35.5. The normalized spacial score (nSPS) is 14.8. The van der Waals surface area contributed by atoms with Crippen LogP contribution in [0.15, 0.2) is 97.2 Å². The molecule has 5 heteroatoms. The van der Waals surface area contributed by atoms with E-state index in [1.807, 2.05) is 72.8 Å². The quantitative estimate of drug-likeness (QED) is 0.226. The molecule has 0 aliphatic heterocycles. The fourth-order valence-electron chi connectivity index (χ4n) is 5.10. The Bertz CT molecular complexity index is 1650. The maximum Gasteiger partial charge on any atom is 0.178 e. The average molecular weight is 506 g/mol. The number of aryl methyl sites for hydroxylation is 1. The third-order valence-corrected chi connectivity index (χ3v) is 7.25. The van der Waals surface area contributed by atoms with Crippen molar-refractivity contribution in [3.05, 3.63) is 136 Å². The van der Waals surface area contributed by atoms with Gasteiger partial charge in [0.2, 0.25) is 0 Å². The van der Waals surface area contributed by atoms with E-state index in [2.05, 4.69) is 17.7 Å². The molecule has 0 bridgehead atoms. The minimum atomic E-state index is -0.844. The summed E-state index contributed by atoms with van der Waals surface area (Å²) >= 11 is 6.05. The van der Waals surface area contributed by atoms with Gasteiger partial charge in [0, 0.05) is 39.8 Å². The van der Waals surface area contributed by atoms with Crippen LogP contribution in [0.25, 0.3) is 10.9 Å². The van der Waals surface area contributed by atoms with Crippen LogP contribution in [0.3, 0.4) is 0 Å². The summed E-state index contributed by atoms with van der Waals surface area (Å²) in [6.45, 7) is 3.13. The summed E-state index contributed by atoms with van der Waals surface area (Å²) < 4.78 is 8.06. The molecule has 4 aromatic carbocycles. The predicted octanol–water partition coefficient (Wildman–Crippen LogP) is 7.39. The molecule has 1 aliphatic rings. The summed E-state index contributed by atoms with van der Waals surface area (Å²) in [4.78, 5) is 26.9. The van der Waals surface area contributed by atoms with E-state index in [0.29, 0.717) is 40.6 Å². The molecule has 0 N–H and O–H groups in total. The Morgan fingerprint density at radius 2 is 1.57 bits per heavy atom. The third-order valence-electron chi connectivity index (χ3n) is 7.00. The summed E-state index contributed by atoms with van der Waals surface area (Å²) in [5, 5.41) is 1.80. The Kier molecular flexibility index (Phi) is 5.90. The molecule has 1 unspecified atom stereocenters. The highest BCUT2D eigenvalue weighted by Crippen LogP contribution is 2.37. The number of fused-ring (bicyclic) bond motifs is 2. The van der Waals surface area contributed by atoms with Gasteiger partial charge in [0.25, 0.3) is 0 Å². The number of nitrogens with zero attached hydrogens (tertiary/aromatic N) is 1. The van der Waals surface area contributed by atoms with Crippen LogP contribution in [-0.4, -0.2) is 16.1 Å². The van der Waals surface area contributed by atoms with Gasteiger partial charge in [0.05, 0.1) is 0 Å². The number of halogens is 1. The number of benzene rings is 4. The van der Waals surface area contributed by atoms with Gasteiger partial charge in [-0.05, 0) is 65.6 Å². The number of carbonyl (C=O) groups is 2. The smallest absolute Gasteiger partial charge is 0.178 e. The number of hydrogen-bond acceptors (Lipinski definition) is 3. The van der Waals surface area contributed by atoms with Gasteiger partial charge in [-0.3, -0.25) is 9.59 Å². The second kappa shape index (κ2) is 9.38. The van der Waals surface area contributed by atoms with Crippen molar-refractivity contribution in [3.63, 3.8) is 0 Å². The monoisotopic (exact) mass is 505 g/mol. The number of hydrogen-bond donors (Lipinski definition) is 0. The molecule has 0 spiro atoms. The van der Waals surface area contributed by atoms with Gasteiger partial charge >= 0.3 is 0 Å². The number of ether oxygens (including phenoxy) is 1. The lowest BCUT2D eigenvalue weighted by molar-refractivity contribution is 0.0890. The molecule has 182 valence electrons. The maximum absolute atomic E-state index is 13.5. The van der Waals surface area contributed by atoms with E-state index in [-0.39, 0.29) is 11.6 Å². The van der Waals surface area contributed by atoms with E-state index < -0.39 is 5.92 Å². The van der Waals surface area contributed by atoms with Crippen molar-refractivity contribution < 1.29 is 14.3 Å². The number of rotatable bonds is 6. The zero-order valence-corrected chi connectivity index (χ0v) is 21.0. The first-order valence-corrected chi connectivity index (χ1v) is 12.6. The fourth-order valence-corrected chi connectivity index (χ4v) is 5.22.